The number of rotatable bonds is 6. The standard InChI is InChI=1S/C20H28N2O4S/c1-4-15-8-6-7-14(3)17(15)21-18(23)20(10-11-20)19(24)22(5-2)16-9-12-27(25,26)13-16/h6-8,16H,4-5,9-13H2,1-3H3,(H,21,23). The topological polar surface area (TPSA) is 83.6 Å². The van der Waals surface area contributed by atoms with Crippen LogP contribution in [-0.4, -0.2) is 49.2 Å². The van der Waals surface area contributed by atoms with Crippen LogP contribution in [0.4, 0.5) is 5.69 Å². The first-order valence-electron chi connectivity index (χ1n) is 9.65. The molecule has 1 aromatic rings. The van der Waals surface area contributed by atoms with Crippen molar-refractivity contribution in [3.8, 4) is 0 Å². The molecule has 0 spiro atoms. The van der Waals surface area contributed by atoms with E-state index >= 15 is 0 Å². The van der Waals surface area contributed by atoms with Gasteiger partial charge in [-0.15, -0.1) is 0 Å². The molecule has 1 aliphatic heterocycles. The van der Waals surface area contributed by atoms with Crippen molar-refractivity contribution in [3.05, 3.63) is 29.3 Å². The molecule has 1 saturated carbocycles. The Balaban J connectivity index is 1.80. The van der Waals surface area contributed by atoms with Crippen molar-refractivity contribution in [1.29, 1.82) is 0 Å². The molecule has 2 aliphatic rings. The molecule has 0 aromatic heterocycles. The van der Waals surface area contributed by atoms with Gasteiger partial charge in [-0.1, -0.05) is 25.1 Å². The highest BCUT2D eigenvalue weighted by atomic mass is 32.2. The van der Waals surface area contributed by atoms with Crippen molar-refractivity contribution in [3.63, 3.8) is 0 Å². The number of hydrogen-bond acceptors (Lipinski definition) is 4. The third-order valence-electron chi connectivity index (χ3n) is 5.82. The molecule has 148 valence electrons. The van der Waals surface area contributed by atoms with Crippen LogP contribution in [0.25, 0.3) is 0 Å². The van der Waals surface area contributed by atoms with Gasteiger partial charge < -0.3 is 10.2 Å². The molecule has 0 radical (unpaired) electrons. The first-order chi connectivity index (χ1) is 12.7. The number of benzene rings is 1. The SMILES string of the molecule is CCc1cccc(C)c1NC(=O)C1(C(=O)N(CC)C2CCS(=O)(=O)C2)CC1. The van der Waals surface area contributed by atoms with E-state index in [4.69, 9.17) is 0 Å². The van der Waals surface area contributed by atoms with Crippen LogP contribution in [0.5, 0.6) is 0 Å². The maximum atomic E-state index is 13.2. The number of amides is 2. The number of aryl methyl sites for hydroxylation is 2. The van der Waals surface area contributed by atoms with Crippen molar-refractivity contribution in [2.45, 2.75) is 52.5 Å². The Bertz CT molecular complexity index is 859. The number of nitrogens with one attached hydrogen (secondary N) is 1. The van der Waals surface area contributed by atoms with Crippen molar-refractivity contribution in [2.75, 3.05) is 23.4 Å². The van der Waals surface area contributed by atoms with Gasteiger partial charge >= 0.3 is 0 Å². The van der Waals surface area contributed by atoms with E-state index in [1.807, 2.05) is 39.0 Å². The Hall–Kier alpha value is -1.89. The molecule has 1 heterocycles. The average molecular weight is 393 g/mol. The molecule has 2 fully saturated rings. The van der Waals surface area contributed by atoms with Gasteiger partial charge in [-0.25, -0.2) is 8.42 Å². The number of para-hydroxylation sites is 1. The quantitative estimate of drug-likeness (QED) is 0.753. The van der Waals surface area contributed by atoms with Crippen LogP contribution in [0.3, 0.4) is 0 Å². The van der Waals surface area contributed by atoms with Crippen LogP contribution < -0.4 is 5.32 Å². The fraction of sp³-hybridized carbons (Fsp3) is 0.600. The van der Waals surface area contributed by atoms with Gasteiger partial charge in [0.15, 0.2) is 9.84 Å². The van der Waals surface area contributed by atoms with E-state index in [0.717, 1.165) is 23.2 Å². The Kier molecular flexibility index (Phi) is 5.34. The minimum atomic E-state index is -3.09. The fourth-order valence-electron chi connectivity index (χ4n) is 3.96. The van der Waals surface area contributed by atoms with Gasteiger partial charge in [0, 0.05) is 18.3 Å². The molecular formula is C20H28N2O4S. The van der Waals surface area contributed by atoms with Gasteiger partial charge in [-0.3, -0.25) is 9.59 Å². The highest BCUT2D eigenvalue weighted by Gasteiger charge is 2.59. The van der Waals surface area contributed by atoms with E-state index in [2.05, 4.69) is 5.32 Å². The number of sulfone groups is 1. The highest BCUT2D eigenvalue weighted by molar-refractivity contribution is 7.91. The third-order valence-corrected chi connectivity index (χ3v) is 7.57. The van der Waals surface area contributed by atoms with Gasteiger partial charge in [0.2, 0.25) is 11.8 Å². The monoisotopic (exact) mass is 392 g/mol. The minimum absolute atomic E-state index is 0.00204. The summed E-state index contributed by atoms with van der Waals surface area (Å²) in [5.41, 5.74) is 1.76. The van der Waals surface area contributed by atoms with Gasteiger partial charge in [-0.2, -0.15) is 0 Å². The second-order valence-corrected chi connectivity index (χ2v) is 9.88. The molecule has 1 N–H and O–H groups in total. The zero-order valence-corrected chi connectivity index (χ0v) is 17.1. The fourth-order valence-corrected chi connectivity index (χ4v) is 5.69. The maximum Gasteiger partial charge on any atom is 0.240 e. The highest BCUT2D eigenvalue weighted by Crippen LogP contribution is 2.49. The molecule has 7 heteroatoms. The van der Waals surface area contributed by atoms with Crippen LogP contribution in [0.15, 0.2) is 18.2 Å². The van der Waals surface area contributed by atoms with Crippen LogP contribution in [0.1, 0.15) is 44.2 Å². The van der Waals surface area contributed by atoms with Crippen molar-refractivity contribution >= 4 is 27.3 Å². The molecule has 0 bridgehead atoms. The summed E-state index contributed by atoms with van der Waals surface area (Å²) < 4.78 is 23.6. The van der Waals surface area contributed by atoms with E-state index in [1.54, 1.807) is 4.90 Å². The molecule has 1 unspecified atom stereocenters. The molecule has 1 atom stereocenters. The third kappa shape index (κ3) is 3.74. The first-order valence-corrected chi connectivity index (χ1v) is 11.5. The molecule has 2 amide bonds. The van der Waals surface area contributed by atoms with Crippen LogP contribution in [0, 0.1) is 12.3 Å². The Morgan fingerprint density at radius 3 is 2.48 bits per heavy atom. The van der Waals surface area contributed by atoms with Crippen LogP contribution in [-0.2, 0) is 25.8 Å². The van der Waals surface area contributed by atoms with Crippen molar-refractivity contribution in [2.24, 2.45) is 5.41 Å². The Morgan fingerprint density at radius 2 is 1.96 bits per heavy atom. The molecule has 6 nitrogen and oxygen atoms in total. The normalized spacial score (nSPS) is 22.3. The van der Waals surface area contributed by atoms with Gasteiger partial charge in [0.05, 0.1) is 11.5 Å². The maximum absolute atomic E-state index is 13.2. The number of hydrogen-bond donors (Lipinski definition) is 1. The summed E-state index contributed by atoms with van der Waals surface area (Å²) in [4.78, 5) is 27.8. The molecule has 3 rings (SSSR count). The summed E-state index contributed by atoms with van der Waals surface area (Å²) in [5.74, 6) is -0.377. The molecule has 1 aromatic carbocycles. The lowest BCUT2D eigenvalue weighted by molar-refractivity contribution is -0.143. The lowest BCUT2D eigenvalue weighted by Crippen LogP contribution is -2.48. The van der Waals surface area contributed by atoms with Gasteiger partial charge in [-0.05, 0) is 50.7 Å². The number of carbonyl (C=O) groups is 2. The van der Waals surface area contributed by atoms with E-state index in [0.29, 0.717) is 25.8 Å². The summed E-state index contributed by atoms with van der Waals surface area (Å²) in [6.45, 7) is 6.23. The summed E-state index contributed by atoms with van der Waals surface area (Å²) in [6.07, 6.45) is 2.28. The second kappa shape index (κ2) is 7.26. The predicted octanol–water partition coefficient (Wildman–Crippen LogP) is 2.31. The summed E-state index contributed by atoms with van der Waals surface area (Å²) in [7, 11) is -3.09. The zero-order chi connectivity index (χ0) is 19.8. The van der Waals surface area contributed by atoms with Crippen LogP contribution >= 0.6 is 0 Å². The largest absolute Gasteiger partial charge is 0.338 e. The van der Waals surface area contributed by atoms with Gasteiger partial charge in [0.1, 0.15) is 5.41 Å². The molecule has 1 saturated heterocycles. The smallest absolute Gasteiger partial charge is 0.240 e. The lowest BCUT2D eigenvalue weighted by atomic mass is 10.00. The Labute approximate surface area is 161 Å². The lowest BCUT2D eigenvalue weighted by Gasteiger charge is -2.30. The van der Waals surface area contributed by atoms with Crippen LogP contribution in [0.2, 0.25) is 0 Å². The number of anilines is 1. The van der Waals surface area contributed by atoms with E-state index < -0.39 is 15.3 Å². The summed E-state index contributed by atoms with van der Waals surface area (Å²) in [5, 5.41) is 2.99. The molecule has 27 heavy (non-hydrogen) atoms. The van der Waals surface area contributed by atoms with E-state index in [1.165, 1.54) is 0 Å². The Morgan fingerprint density at radius 1 is 1.26 bits per heavy atom. The van der Waals surface area contributed by atoms with Crippen molar-refractivity contribution in [1.82, 2.24) is 4.90 Å². The molecular weight excluding hydrogens is 364 g/mol. The van der Waals surface area contributed by atoms with Crippen molar-refractivity contribution < 1.29 is 18.0 Å². The van der Waals surface area contributed by atoms with E-state index in [-0.39, 0.29) is 29.4 Å². The zero-order valence-electron chi connectivity index (χ0n) is 16.2. The van der Waals surface area contributed by atoms with E-state index in [9.17, 15) is 18.0 Å². The summed E-state index contributed by atoms with van der Waals surface area (Å²) >= 11 is 0. The molecule has 1 aliphatic carbocycles. The average Bonchev–Trinajstić information content (AvgIpc) is 3.36. The van der Waals surface area contributed by atoms with Gasteiger partial charge in [0.25, 0.3) is 0 Å². The number of nitrogens with zero attached hydrogens (tertiary/aromatic N) is 1. The number of carbonyl (C=O) groups excluding carboxylic acids is 2. The first kappa shape index (κ1) is 19.9. The summed E-state index contributed by atoms with van der Waals surface area (Å²) in [6, 6.07) is 5.56. The minimum Gasteiger partial charge on any atom is -0.338 e. The second-order valence-electron chi connectivity index (χ2n) is 7.65. The predicted molar refractivity (Wildman–Crippen MR) is 105 cm³/mol.